The number of nitrogens with zero attached hydrogens (tertiary/aromatic N) is 2. The van der Waals surface area contributed by atoms with Crippen LogP contribution in [0.3, 0.4) is 0 Å². The predicted octanol–water partition coefficient (Wildman–Crippen LogP) is 2.96. The molecule has 0 atom stereocenters. The highest BCUT2D eigenvalue weighted by Crippen LogP contribution is 2.29. The quantitative estimate of drug-likeness (QED) is 0.306. The SMILES string of the molecule is CCOC(=O)C1CCN(S(=O)(=O)c2cccc(C(=O)CNc3nc4ccc(S(C)(=O)=O)cc4s3)c2)CC1. The zero-order valence-electron chi connectivity index (χ0n) is 20.3. The van der Waals surface area contributed by atoms with Gasteiger partial charge < -0.3 is 10.1 Å². The van der Waals surface area contributed by atoms with Gasteiger partial charge in [-0.2, -0.15) is 4.31 Å². The van der Waals surface area contributed by atoms with Crippen LogP contribution in [0.2, 0.25) is 0 Å². The number of Topliss-reactive ketones (excluding diaryl/α,β-unsaturated/α-hetero) is 1. The molecule has 2 aromatic carbocycles. The van der Waals surface area contributed by atoms with Gasteiger partial charge in [0.05, 0.1) is 39.1 Å². The summed E-state index contributed by atoms with van der Waals surface area (Å²) in [5, 5.41) is 3.39. The van der Waals surface area contributed by atoms with E-state index in [0.717, 1.165) is 6.26 Å². The molecular formula is C24H27N3O7S3. The van der Waals surface area contributed by atoms with Crippen LogP contribution in [0, 0.1) is 5.92 Å². The van der Waals surface area contributed by atoms with Crippen LogP contribution in [-0.4, -0.2) is 70.4 Å². The molecule has 0 amide bonds. The molecule has 0 radical (unpaired) electrons. The molecule has 0 saturated carbocycles. The maximum atomic E-state index is 13.2. The summed E-state index contributed by atoms with van der Waals surface area (Å²) in [6.07, 6.45) is 1.90. The molecule has 3 aromatic rings. The van der Waals surface area contributed by atoms with E-state index in [9.17, 15) is 26.4 Å². The van der Waals surface area contributed by atoms with Crippen molar-refractivity contribution < 1.29 is 31.2 Å². The molecule has 4 rings (SSSR count). The van der Waals surface area contributed by atoms with E-state index in [-0.39, 0.29) is 59.3 Å². The summed E-state index contributed by atoms with van der Waals surface area (Å²) in [6.45, 7) is 2.30. The fourth-order valence-corrected chi connectivity index (χ4v) is 7.18. The smallest absolute Gasteiger partial charge is 0.309 e. The lowest BCUT2D eigenvalue weighted by Crippen LogP contribution is -2.40. The minimum atomic E-state index is -3.83. The Hall–Kier alpha value is -2.87. The Labute approximate surface area is 219 Å². The van der Waals surface area contributed by atoms with Crippen LogP contribution in [0.1, 0.15) is 30.1 Å². The van der Waals surface area contributed by atoms with E-state index in [1.807, 2.05) is 0 Å². The van der Waals surface area contributed by atoms with E-state index in [2.05, 4.69) is 10.3 Å². The Bertz CT molecular complexity index is 1540. The summed E-state index contributed by atoms with van der Waals surface area (Å²) in [5.41, 5.74) is 0.836. The standard InChI is InChI=1S/C24H27N3O7S3/c1-3-34-23(29)16-9-11-27(12-10-16)37(32,33)19-6-4-5-17(13-19)21(28)15-25-24-26-20-8-7-18(36(2,30)31)14-22(20)35-24/h4-8,13-14,16H,3,9-12,15H2,1-2H3,(H,25,26). The number of ether oxygens (including phenoxy) is 1. The number of ketones is 1. The van der Waals surface area contributed by atoms with E-state index < -0.39 is 19.9 Å². The average Bonchev–Trinajstić information content (AvgIpc) is 3.29. The van der Waals surface area contributed by atoms with Crippen LogP contribution >= 0.6 is 11.3 Å². The Morgan fingerprint density at radius 2 is 1.81 bits per heavy atom. The number of sulfone groups is 1. The molecule has 1 saturated heterocycles. The minimum Gasteiger partial charge on any atom is -0.466 e. The van der Waals surface area contributed by atoms with Gasteiger partial charge in [-0.1, -0.05) is 23.5 Å². The molecule has 0 spiro atoms. The second-order valence-electron chi connectivity index (χ2n) is 8.66. The summed E-state index contributed by atoms with van der Waals surface area (Å²) in [6, 6.07) is 10.5. The van der Waals surface area contributed by atoms with Crippen LogP contribution in [0.4, 0.5) is 5.13 Å². The average molecular weight is 566 g/mol. The maximum Gasteiger partial charge on any atom is 0.309 e. The lowest BCUT2D eigenvalue weighted by atomic mass is 9.98. The first-order valence-electron chi connectivity index (χ1n) is 11.6. The molecule has 2 heterocycles. The third-order valence-electron chi connectivity index (χ3n) is 6.06. The number of nitrogens with one attached hydrogen (secondary N) is 1. The summed E-state index contributed by atoms with van der Waals surface area (Å²) in [5.74, 6) is -0.941. The molecule has 1 aliphatic heterocycles. The van der Waals surface area contributed by atoms with E-state index in [1.165, 1.54) is 39.9 Å². The van der Waals surface area contributed by atoms with Gasteiger partial charge in [0.25, 0.3) is 0 Å². The molecule has 0 aliphatic carbocycles. The Morgan fingerprint density at radius 3 is 2.49 bits per heavy atom. The summed E-state index contributed by atoms with van der Waals surface area (Å²) in [4.78, 5) is 29.4. The molecule has 37 heavy (non-hydrogen) atoms. The van der Waals surface area contributed by atoms with E-state index in [4.69, 9.17) is 4.74 Å². The van der Waals surface area contributed by atoms with E-state index >= 15 is 0 Å². The summed E-state index contributed by atoms with van der Waals surface area (Å²) in [7, 11) is -7.18. The van der Waals surface area contributed by atoms with Crippen molar-refractivity contribution in [2.75, 3.05) is 37.8 Å². The number of sulfonamides is 1. The molecule has 0 unspecified atom stereocenters. The van der Waals surface area contributed by atoms with Gasteiger partial charge in [0.1, 0.15) is 0 Å². The molecule has 198 valence electrons. The Kier molecular flexibility index (Phi) is 7.97. The first-order chi connectivity index (χ1) is 17.5. The van der Waals surface area contributed by atoms with Crippen molar-refractivity contribution in [1.29, 1.82) is 0 Å². The highest BCUT2D eigenvalue weighted by atomic mass is 32.2. The largest absolute Gasteiger partial charge is 0.466 e. The zero-order chi connectivity index (χ0) is 26.8. The number of aromatic nitrogens is 1. The predicted molar refractivity (Wildman–Crippen MR) is 140 cm³/mol. The van der Waals surface area contributed by atoms with Gasteiger partial charge in [0.2, 0.25) is 10.0 Å². The van der Waals surface area contributed by atoms with Crippen molar-refractivity contribution in [1.82, 2.24) is 9.29 Å². The van der Waals surface area contributed by atoms with Crippen molar-refractivity contribution in [3.8, 4) is 0 Å². The molecule has 1 N–H and O–H groups in total. The number of hydrogen-bond acceptors (Lipinski definition) is 10. The number of rotatable bonds is 9. The second kappa shape index (κ2) is 10.9. The van der Waals surface area contributed by atoms with Crippen molar-refractivity contribution >= 4 is 58.3 Å². The van der Waals surface area contributed by atoms with Crippen LogP contribution in [0.15, 0.2) is 52.3 Å². The highest BCUT2D eigenvalue weighted by molar-refractivity contribution is 7.90. The Morgan fingerprint density at radius 1 is 1.08 bits per heavy atom. The molecule has 13 heteroatoms. The number of hydrogen-bond donors (Lipinski definition) is 1. The topological polar surface area (TPSA) is 140 Å². The second-order valence-corrected chi connectivity index (χ2v) is 13.6. The number of piperidine rings is 1. The molecule has 1 aromatic heterocycles. The summed E-state index contributed by atoms with van der Waals surface area (Å²) < 4.78 is 56.9. The first kappa shape index (κ1) is 27.2. The van der Waals surface area contributed by atoms with Gasteiger partial charge in [-0.05, 0) is 50.1 Å². The number of anilines is 1. The number of benzene rings is 2. The van der Waals surface area contributed by atoms with E-state index in [1.54, 1.807) is 25.1 Å². The van der Waals surface area contributed by atoms with Crippen LogP contribution < -0.4 is 5.32 Å². The van der Waals surface area contributed by atoms with Crippen molar-refractivity contribution in [2.24, 2.45) is 5.92 Å². The van der Waals surface area contributed by atoms with Crippen molar-refractivity contribution in [3.63, 3.8) is 0 Å². The lowest BCUT2D eigenvalue weighted by Gasteiger charge is -2.30. The van der Waals surface area contributed by atoms with Crippen molar-refractivity contribution in [3.05, 3.63) is 48.0 Å². The van der Waals surface area contributed by atoms with Gasteiger partial charge in [-0.25, -0.2) is 21.8 Å². The third kappa shape index (κ3) is 6.17. The molecular weight excluding hydrogens is 538 g/mol. The number of carbonyl (C=O) groups excluding carboxylic acids is 2. The van der Waals surface area contributed by atoms with Crippen molar-refractivity contribution in [2.45, 2.75) is 29.6 Å². The minimum absolute atomic E-state index is 0.0150. The van der Waals surface area contributed by atoms with Crippen LogP contribution in [0.5, 0.6) is 0 Å². The fourth-order valence-electron chi connectivity index (χ4n) is 4.04. The van der Waals surface area contributed by atoms with Gasteiger partial charge >= 0.3 is 5.97 Å². The molecule has 10 nitrogen and oxygen atoms in total. The number of esters is 1. The van der Waals surface area contributed by atoms with Gasteiger partial charge in [-0.15, -0.1) is 0 Å². The van der Waals surface area contributed by atoms with Gasteiger partial charge in [-0.3, -0.25) is 9.59 Å². The number of carbonyl (C=O) groups is 2. The zero-order valence-corrected chi connectivity index (χ0v) is 22.8. The summed E-state index contributed by atoms with van der Waals surface area (Å²) >= 11 is 1.22. The maximum absolute atomic E-state index is 13.2. The van der Waals surface area contributed by atoms with Crippen LogP contribution in [-0.2, 0) is 29.4 Å². The normalized spacial score (nSPS) is 15.5. The highest BCUT2D eigenvalue weighted by Gasteiger charge is 2.33. The van der Waals surface area contributed by atoms with Crippen LogP contribution in [0.25, 0.3) is 10.2 Å². The molecule has 1 fully saturated rings. The monoisotopic (exact) mass is 565 g/mol. The van der Waals surface area contributed by atoms with Gasteiger partial charge in [0, 0.05) is 24.9 Å². The number of thiazole rings is 1. The Balaban J connectivity index is 1.42. The fraction of sp³-hybridized carbons (Fsp3) is 0.375. The van der Waals surface area contributed by atoms with E-state index in [0.29, 0.717) is 28.2 Å². The lowest BCUT2D eigenvalue weighted by molar-refractivity contribution is -0.149. The molecule has 1 aliphatic rings. The molecule has 0 bridgehead atoms. The van der Waals surface area contributed by atoms with Gasteiger partial charge in [0.15, 0.2) is 20.8 Å². The third-order valence-corrected chi connectivity index (χ3v) is 10.0. The number of fused-ring (bicyclic) bond motifs is 1. The first-order valence-corrected chi connectivity index (χ1v) is 15.8.